The molecule has 0 aliphatic carbocycles. The predicted molar refractivity (Wildman–Crippen MR) is 76.1 cm³/mol. The van der Waals surface area contributed by atoms with E-state index in [9.17, 15) is 10.2 Å². The van der Waals surface area contributed by atoms with Gasteiger partial charge in [-0.3, -0.25) is 0 Å². The second-order valence-corrected chi connectivity index (χ2v) is 6.06. The van der Waals surface area contributed by atoms with Gasteiger partial charge in [0, 0.05) is 13.1 Å². The van der Waals surface area contributed by atoms with Crippen LogP contribution >= 0.6 is 31.9 Å². The zero-order valence-corrected chi connectivity index (χ0v) is 13.0. The van der Waals surface area contributed by atoms with Crippen LogP contribution in [0.25, 0.3) is 0 Å². The van der Waals surface area contributed by atoms with Crippen LogP contribution in [0.2, 0.25) is 0 Å². The highest BCUT2D eigenvalue weighted by Crippen LogP contribution is 2.33. The van der Waals surface area contributed by atoms with E-state index in [2.05, 4.69) is 37.2 Å². The molecule has 1 unspecified atom stereocenters. The van der Waals surface area contributed by atoms with Gasteiger partial charge in [0.15, 0.2) is 0 Å². The Morgan fingerprint density at radius 1 is 1.24 bits per heavy atom. The van der Waals surface area contributed by atoms with Crippen molar-refractivity contribution >= 4 is 31.9 Å². The molecular weight excluding hydrogens is 350 g/mol. The lowest BCUT2D eigenvalue weighted by atomic mass is 10.1. The van der Waals surface area contributed by atoms with Gasteiger partial charge >= 0.3 is 0 Å². The van der Waals surface area contributed by atoms with Gasteiger partial charge in [0.25, 0.3) is 0 Å². The van der Waals surface area contributed by atoms with E-state index in [4.69, 9.17) is 0 Å². The number of phenolic OH excluding ortho intramolecular Hbond substituents is 1. The molecule has 1 atom stereocenters. The third-order valence-corrected chi connectivity index (χ3v) is 3.74. The van der Waals surface area contributed by atoms with Gasteiger partial charge in [0.1, 0.15) is 5.75 Å². The maximum Gasteiger partial charge on any atom is 0.143 e. The fourth-order valence-corrected chi connectivity index (χ4v) is 2.60. The van der Waals surface area contributed by atoms with Crippen LogP contribution in [-0.2, 0) is 6.54 Å². The summed E-state index contributed by atoms with van der Waals surface area (Å²) in [4.78, 5) is 0. The summed E-state index contributed by atoms with van der Waals surface area (Å²) in [6.07, 6.45) is -0.334. The largest absolute Gasteiger partial charge is 0.506 e. The Morgan fingerprint density at radius 2 is 1.76 bits per heavy atom. The Labute approximate surface area is 118 Å². The molecule has 0 saturated carbocycles. The molecule has 3 nitrogen and oxygen atoms in total. The summed E-state index contributed by atoms with van der Waals surface area (Å²) in [6, 6.07) is 3.71. The Morgan fingerprint density at radius 3 is 2.24 bits per heavy atom. The maximum atomic E-state index is 9.64. The summed E-state index contributed by atoms with van der Waals surface area (Å²) < 4.78 is 1.32. The average Bonchev–Trinajstić information content (AvgIpc) is 2.25. The molecule has 0 fully saturated rings. The van der Waals surface area contributed by atoms with E-state index in [1.54, 1.807) is 0 Å². The van der Waals surface area contributed by atoms with Crippen molar-refractivity contribution in [1.82, 2.24) is 5.32 Å². The van der Waals surface area contributed by atoms with Crippen LogP contribution in [0.3, 0.4) is 0 Å². The van der Waals surface area contributed by atoms with E-state index >= 15 is 0 Å². The number of benzene rings is 1. The molecule has 0 aromatic heterocycles. The number of hydrogen-bond donors (Lipinski definition) is 3. The van der Waals surface area contributed by atoms with Crippen molar-refractivity contribution < 1.29 is 10.2 Å². The van der Waals surface area contributed by atoms with E-state index in [0.717, 1.165) is 5.56 Å². The summed E-state index contributed by atoms with van der Waals surface area (Å²) >= 11 is 6.57. The first kappa shape index (κ1) is 15.0. The van der Waals surface area contributed by atoms with Crippen molar-refractivity contribution in [3.05, 3.63) is 26.6 Å². The Hall–Kier alpha value is -0.100. The molecule has 0 aliphatic heterocycles. The highest BCUT2D eigenvalue weighted by Gasteiger charge is 2.09. The molecule has 5 heteroatoms. The topological polar surface area (TPSA) is 52.5 Å². The van der Waals surface area contributed by atoms with Crippen molar-refractivity contribution in [3.63, 3.8) is 0 Å². The van der Waals surface area contributed by atoms with E-state index in [-0.39, 0.29) is 17.8 Å². The average molecular weight is 367 g/mol. The van der Waals surface area contributed by atoms with E-state index in [1.165, 1.54) is 0 Å². The van der Waals surface area contributed by atoms with Crippen LogP contribution in [-0.4, -0.2) is 22.9 Å². The molecular formula is C12H17Br2NO2. The van der Waals surface area contributed by atoms with Crippen molar-refractivity contribution in [1.29, 1.82) is 0 Å². The lowest BCUT2D eigenvalue weighted by Gasteiger charge is -2.15. The zero-order chi connectivity index (χ0) is 13.0. The van der Waals surface area contributed by atoms with Gasteiger partial charge in [0.2, 0.25) is 0 Å². The van der Waals surface area contributed by atoms with Crippen molar-refractivity contribution in [2.75, 3.05) is 6.54 Å². The molecule has 0 amide bonds. The predicted octanol–water partition coefficient (Wildman–Crippen LogP) is 3.02. The fourth-order valence-electron chi connectivity index (χ4n) is 1.32. The highest BCUT2D eigenvalue weighted by atomic mass is 79.9. The quantitative estimate of drug-likeness (QED) is 0.750. The minimum Gasteiger partial charge on any atom is -0.506 e. The van der Waals surface area contributed by atoms with Crippen LogP contribution < -0.4 is 5.32 Å². The number of aromatic hydroxyl groups is 1. The molecule has 0 aliphatic rings. The standard InChI is InChI=1S/C12H17Br2NO2/c1-7(2)11(16)6-15-5-8-3-9(13)12(17)10(14)4-8/h3-4,7,11,15-17H,5-6H2,1-2H3. The number of phenols is 1. The first-order valence-corrected chi connectivity index (χ1v) is 7.06. The first-order valence-electron chi connectivity index (χ1n) is 5.47. The smallest absolute Gasteiger partial charge is 0.143 e. The second kappa shape index (κ2) is 6.73. The first-order chi connectivity index (χ1) is 7.91. The number of hydrogen-bond acceptors (Lipinski definition) is 3. The molecule has 0 spiro atoms. The summed E-state index contributed by atoms with van der Waals surface area (Å²) in [5.41, 5.74) is 1.04. The van der Waals surface area contributed by atoms with Gasteiger partial charge in [-0.05, 0) is 55.5 Å². The molecule has 17 heavy (non-hydrogen) atoms. The Kier molecular flexibility index (Phi) is 5.92. The Balaban J connectivity index is 2.53. The zero-order valence-electron chi connectivity index (χ0n) is 9.87. The summed E-state index contributed by atoms with van der Waals surface area (Å²) in [5, 5.41) is 22.4. The van der Waals surface area contributed by atoms with Crippen molar-refractivity contribution in [2.24, 2.45) is 5.92 Å². The highest BCUT2D eigenvalue weighted by molar-refractivity contribution is 9.11. The monoisotopic (exact) mass is 365 g/mol. The molecule has 0 bridgehead atoms. The number of rotatable bonds is 5. The van der Waals surface area contributed by atoms with E-state index < -0.39 is 0 Å². The molecule has 3 N–H and O–H groups in total. The molecule has 1 rings (SSSR count). The van der Waals surface area contributed by atoms with Crippen molar-refractivity contribution in [2.45, 2.75) is 26.5 Å². The van der Waals surface area contributed by atoms with Gasteiger partial charge < -0.3 is 15.5 Å². The molecule has 1 aromatic carbocycles. The van der Waals surface area contributed by atoms with Gasteiger partial charge in [-0.1, -0.05) is 13.8 Å². The summed E-state index contributed by atoms with van der Waals surface area (Å²) in [6.45, 7) is 5.19. The lowest BCUT2D eigenvalue weighted by Crippen LogP contribution is -2.30. The van der Waals surface area contributed by atoms with E-state index in [0.29, 0.717) is 22.0 Å². The number of nitrogens with one attached hydrogen (secondary N) is 1. The van der Waals surface area contributed by atoms with Gasteiger partial charge in [-0.25, -0.2) is 0 Å². The molecule has 0 saturated heterocycles. The normalized spacial score (nSPS) is 13.1. The Bertz CT molecular complexity index is 360. The summed E-state index contributed by atoms with van der Waals surface area (Å²) in [7, 11) is 0. The molecule has 1 aromatic rings. The van der Waals surface area contributed by atoms with Crippen molar-refractivity contribution in [3.8, 4) is 5.75 Å². The minimum absolute atomic E-state index is 0.205. The van der Waals surface area contributed by atoms with E-state index in [1.807, 2.05) is 26.0 Å². The third-order valence-electron chi connectivity index (χ3n) is 2.53. The second-order valence-electron chi connectivity index (χ2n) is 4.35. The maximum absolute atomic E-state index is 9.64. The number of aliphatic hydroxyl groups excluding tert-OH is 1. The van der Waals surface area contributed by atoms with Crippen LogP contribution in [0, 0.1) is 5.92 Å². The number of halogens is 2. The third kappa shape index (κ3) is 4.58. The van der Waals surface area contributed by atoms with Crippen LogP contribution in [0.15, 0.2) is 21.1 Å². The fraction of sp³-hybridized carbons (Fsp3) is 0.500. The lowest BCUT2D eigenvalue weighted by molar-refractivity contribution is 0.123. The minimum atomic E-state index is -0.334. The van der Waals surface area contributed by atoms with Crippen LogP contribution in [0.5, 0.6) is 5.75 Å². The number of aliphatic hydroxyl groups is 1. The molecule has 0 heterocycles. The molecule has 0 radical (unpaired) electrons. The van der Waals surface area contributed by atoms with Crippen LogP contribution in [0.1, 0.15) is 19.4 Å². The van der Waals surface area contributed by atoms with Gasteiger partial charge in [-0.15, -0.1) is 0 Å². The summed E-state index contributed by atoms with van der Waals surface area (Å²) in [5.74, 6) is 0.455. The molecule has 96 valence electrons. The van der Waals surface area contributed by atoms with Gasteiger partial charge in [0.05, 0.1) is 15.0 Å². The SMILES string of the molecule is CC(C)C(O)CNCc1cc(Br)c(O)c(Br)c1. The van der Waals surface area contributed by atoms with Crippen LogP contribution in [0.4, 0.5) is 0 Å². The van der Waals surface area contributed by atoms with Gasteiger partial charge in [-0.2, -0.15) is 0 Å².